The van der Waals surface area contributed by atoms with Gasteiger partial charge in [0.15, 0.2) is 5.54 Å². The lowest BCUT2D eigenvalue weighted by atomic mass is 9.82. The number of Topliss-reactive ketones (excluding diaryl/α,β-unsaturated/α-hetero) is 1. The number of anilines is 1. The summed E-state index contributed by atoms with van der Waals surface area (Å²) >= 11 is 0. The summed E-state index contributed by atoms with van der Waals surface area (Å²) in [5.74, 6) is -2.82. The molecule has 10 nitrogen and oxygen atoms in total. The lowest BCUT2D eigenvalue weighted by molar-refractivity contribution is -0.143. The van der Waals surface area contributed by atoms with E-state index < -0.39 is 38.9 Å². The average Bonchev–Trinajstić information content (AvgIpc) is 3.17. The van der Waals surface area contributed by atoms with Crippen LogP contribution in [-0.2, 0) is 29.9 Å². The maximum absolute atomic E-state index is 14.2. The number of aliphatic hydroxyl groups is 1. The van der Waals surface area contributed by atoms with E-state index in [1.54, 1.807) is 24.3 Å². The van der Waals surface area contributed by atoms with E-state index >= 15 is 0 Å². The van der Waals surface area contributed by atoms with Gasteiger partial charge in [-0.15, -0.1) is 0 Å². The minimum absolute atomic E-state index is 0.0801. The van der Waals surface area contributed by atoms with Crippen molar-refractivity contribution in [3.05, 3.63) is 65.2 Å². The summed E-state index contributed by atoms with van der Waals surface area (Å²) in [6, 6.07) is 12.6. The number of hydrogen-bond acceptors (Lipinski definition) is 7. The van der Waals surface area contributed by atoms with Crippen molar-refractivity contribution in [1.82, 2.24) is 14.1 Å². The summed E-state index contributed by atoms with van der Waals surface area (Å²) in [5, 5.41) is 11.7. The van der Waals surface area contributed by atoms with E-state index in [0.29, 0.717) is 37.4 Å². The molecular formula is C30H36N4O6S. The van der Waals surface area contributed by atoms with Crippen LogP contribution >= 0.6 is 0 Å². The van der Waals surface area contributed by atoms with Crippen LogP contribution in [0.25, 0.3) is 5.76 Å². The van der Waals surface area contributed by atoms with E-state index in [-0.39, 0.29) is 22.6 Å². The molecule has 218 valence electrons. The molecule has 1 N–H and O–H groups in total. The van der Waals surface area contributed by atoms with Crippen molar-refractivity contribution < 1.29 is 27.9 Å². The topological polar surface area (TPSA) is 119 Å². The van der Waals surface area contributed by atoms with Crippen LogP contribution in [0.3, 0.4) is 0 Å². The number of carbonyl (C=O) groups is 3. The standard InChI is InChI=1S/C30H36N4O6S/c1-4-33-24-12-8-7-11-23(24)30(29(33)38)25(27(36)28(37)34(30)20-19-31(2)3)26(35)21-13-15-22(16-14-21)41(39,40)32-17-9-5-6-10-18-32/h7-8,11-16,35H,4-6,9-10,17-20H2,1-3H3/b26-25+. The summed E-state index contributed by atoms with van der Waals surface area (Å²) in [7, 11) is -0.0781. The summed E-state index contributed by atoms with van der Waals surface area (Å²) in [6.45, 7) is 3.49. The van der Waals surface area contributed by atoms with Crippen LogP contribution < -0.4 is 4.90 Å². The number of ketones is 1. The molecule has 1 unspecified atom stereocenters. The third kappa shape index (κ3) is 4.56. The van der Waals surface area contributed by atoms with Gasteiger partial charge in [-0.1, -0.05) is 31.0 Å². The summed E-state index contributed by atoms with van der Waals surface area (Å²) in [5.41, 5.74) is -0.978. The Labute approximate surface area is 240 Å². The first-order valence-corrected chi connectivity index (χ1v) is 15.5. The summed E-state index contributed by atoms with van der Waals surface area (Å²) < 4.78 is 28.1. The van der Waals surface area contributed by atoms with Gasteiger partial charge >= 0.3 is 0 Å². The molecule has 3 aliphatic rings. The number of rotatable bonds is 7. The molecule has 1 atom stereocenters. The number of carbonyl (C=O) groups excluding carboxylic acids is 3. The van der Waals surface area contributed by atoms with Gasteiger partial charge < -0.3 is 19.8 Å². The number of nitrogens with zero attached hydrogens (tertiary/aromatic N) is 4. The van der Waals surface area contributed by atoms with Crippen LogP contribution in [0.5, 0.6) is 0 Å². The molecule has 0 aromatic heterocycles. The van der Waals surface area contributed by atoms with E-state index in [4.69, 9.17) is 0 Å². The zero-order valence-electron chi connectivity index (χ0n) is 23.7. The first-order chi connectivity index (χ1) is 19.6. The minimum Gasteiger partial charge on any atom is -0.507 e. The number of benzene rings is 2. The Bertz CT molecular complexity index is 1510. The van der Waals surface area contributed by atoms with Crippen molar-refractivity contribution in [3.8, 4) is 0 Å². The Morgan fingerprint density at radius 3 is 2.20 bits per heavy atom. The smallest absolute Gasteiger partial charge is 0.296 e. The van der Waals surface area contributed by atoms with Crippen LogP contribution in [0.4, 0.5) is 5.69 Å². The second-order valence-corrected chi connectivity index (χ2v) is 12.9. The quantitative estimate of drug-likeness (QED) is 0.304. The highest BCUT2D eigenvalue weighted by Crippen LogP contribution is 2.53. The lowest BCUT2D eigenvalue weighted by Crippen LogP contribution is -2.53. The fraction of sp³-hybridized carbons (Fsp3) is 0.433. The van der Waals surface area contributed by atoms with Gasteiger partial charge in [0.2, 0.25) is 10.0 Å². The van der Waals surface area contributed by atoms with Gasteiger partial charge in [0.05, 0.1) is 16.2 Å². The van der Waals surface area contributed by atoms with Crippen molar-refractivity contribution in [2.24, 2.45) is 0 Å². The van der Waals surface area contributed by atoms with Crippen LogP contribution in [0.2, 0.25) is 0 Å². The number of para-hydroxylation sites is 1. The SMILES string of the molecule is CCN1C(=O)C2(/C(=C(/O)c3ccc(S(=O)(=O)N4CCCCCC4)cc3)C(=O)C(=O)N2CCN(C)C)c2ccccc21. The van der Waals surface area contributed by atoms with Gasteiger partial charge in [0, 0.05) is 43.9 Å². The Kier molecular flexibility index (Phi) is 7.80. The zero-order chi connectivity index (χ0) is 29.5. The number of hydrogen-bond donors (Lipinski definition) is 1. The van der Waals surface area contributed by atoms with Crippen molar-refractivity contribution in [2.45, 2.75) is 43.0 Å². The van der Waals surface area contributed by atoms with Gasteiger partial charge in [0.25, 0.3) is 17.6 Å². The first-order valence-electron chi connectivity index (χ1n) is 14.0. The molecule has 0 radical (unpaired) electrons. The molecule has 0 bridgehead atoms. The minimum atomic E-state index is -3.73. The van der Waals surface area contributed by atoms with Gasteiger partial charge in [-0.25, -0.2) is 8.42 Å². The monoisotopic (exact) mass is 580 g/mol. The number of fused-ring (bicyclic) bond motifs is 2. The molecule has 2 aromatic carbocycles. The molecule has 41 heavy (non-hydrogen) atoms. The van der Waals surface area contributed by atoms with Gasteiger partial charge in [-0.2, -0.15) is 4.31 Å². The maximum Gasteiger partial charge on any atom is 0.296 e. The van der Waals surface area contributed by atoms with Crippen molar-refractivity contribution in [1.29, 1.82) is 0 Å². The Morgan fingerprint density at radius 2 is 1.59 bits per heavy atom. The largest absolute Gasteiger partial charge is 0.507 e. The fourth-order valence-corrected chi connectivity index (χ4v) is 7.66. The van der Waals surface area contributed by atoms with Gasteiger partial charge in [0.1, 0.15) is 5.76 Å². The van der Waals surface area contributed by atoms with Crippen LogP contribution in [0.1, 0.15) is 43.7 Å². The third-order valence-electron chi connectivity index (χ3n) is 8.23. The highest BCUT2D eigenvalue weighted by Gasteiger charge is 2.66. The molecule has 0 saturated carbocycles. The van der Waals surface area contributed by atoms with Crippen molar-refractivity contribution >= 4 is 39.1 Å². The molecular weight excluding hydrogens is 544 g/mol. The molecule has 2 fully saturated rings. The summed E-state index contributed by atoms with van der Waals surface area (Å²) in [4.78, 5) is 46.1. The second kappa shape index (κ2) is 11.0. The van der Waals surface area contributed by atoms with E-state index in [1.807, 2.05) is 25.9 Å². The Balaban J connectivity index is 1.65. The Morgan fingerprint density at radius 1 is 0.951 bits per heavy atom. The normalized spacial score (nSPS) is 23.1. The Hall–Kier alpha value is -3.54. The number of amides is 2. The molecule has 5 rings (SSSR count). The van der Waals surface area contributed by atoms with Crippen LogP contribution in [0, 0.1) is 0 Å². The first kappa shape index (κ1) is 29.0. The van der Waals surface area contributed by atoms with Gasteiger partial charge in [-0.05, 0) is 64.2 Å². The molecule has 2 saturated heterocycles. The van der Waals surface area contributed by atoms with Crippen LogP contribution in [0.15, 0.2) is 59.0 Å². The van der Waals surface area contributed by atoms with E-state index in [2.05, 4.69) is 0 Å². The number of likely N-dealkylation sites (N-methyl/N-ethyl adjacent to an activating group) is 2. The van der Waals surface area contributed by atoms with Crippen molar-refractivity contribution in [3.63, 3.8) is 0 Å². The highest BCUT2D eigenvalue weighted by molar-refractivity contribution is 7.89. The van der Waals surface area contributed by atoms with E-state index in [1.165, 1.54) is 38.4 Å². The van der Waals surface area contributed by atoms with E-state index in [0.717, 1.165) is 25.7 Å². The van der Waals surface area contributed by atoms with Gasteiger partial charge in [-0.3, -0.25) is 14.4 Å². The molecule has 3 heterocycles. The number of likely N-dealkylation sites (tertiary alicyclic amines) is 1. The molecule has 2 amide bonds. The predicted molar refractivity (Wildman–Crippen MR) is 155 cm³/mol. The maximum atomic E-state index is 14.2. The second-order valence-electron chi connectivity index (χ2n) is 10.9. The predicted octanol–water partition coefficient (Wildman–Crippen LogP) is 2.76. The fourth-order valence-electron chi connectivity index (χ4n) is 6.14. The molecule has 1 spiro atoms. The molecule has 11 heteroatoms. The molecule has 2 aromatic rings. The summed E-state index contributed by atoms with van der Waals surface area (Å²) in [6.07, 6.45) is 3.58. The highest BCUT2D eigenvalue weighted by atomic mass is 32.2. The third-order valence-corrected chi connectivity index (χ3v) is 10.1. The van der Waals surface area contributed by atoms with E-state index in [9.17, 15) is 27.9 Å². The number of sulfonamides is 1. The number of aliphatic hydroxyl groups excluding tert-OH is 1. The molecule has 3 aliphatic heterocycles. The zero-order valence-corrected chi connectivity index (χ0v) is 24.5. The van der Waals surface area contributed by atoms with Crippen LogP contribution in [-0.4, -0.2) is 92.0 Å². The lowest BCUT2D eigenvalue weighted by Gasteiger charge is -2.35. The van der Waals surface area contributed by atoms with Crippen molar-refractivity contribution in [2.75, 3.05) is 51.7 Å². The molecule has 0 aliphatic carbocycles. The average molecular weight is 581 g/mol.